The minimum absolute atomic E-state index is 0.0544. The van der Waals surface area contributed by atoms with Gasteiger partial charge in [-0.15, -0.1) is 11.3 Å². The van der Waals surface area contributed by atoms with Gasteiger partial charge in [0.2, 0.25) is 0 Å². The minimum Gasteiger partial charge on any atom is -0.496 e. The van der Waals surface area contributed by atoms with Crippen LogP contribution in [0.15, 0.2) is 41.9 Å². The Morgan fingerprint density at radius 1 is 1.06 bits per heavy atom. The number of thiazole rings is 1. The molecular formula is C21H21F3N2O3S2. The van der Waals surface area contributed by atoms with Crippen molar-refractivity contribution in [3.05, 3.63) is 53.2 Å². The molecule has 1 aromatic carbocycles. The van der Waals surface area contributed by atoms with E-state index in [1.54, 1.807) is 6.20 Å². The molecule has 31 heavy (non-hydrogen) atoms. The SMILES string of the molecule is COc1cc(-c2csc(-c3ccnc(C(C)(C)C)c3)n2)ccc1CS(=O)(=O)C(F)(F)F. The molecule has 0 aliphatic carbocycles. The Morgan fingerprint density at radius 2 is 1.77 bits per heavy atom. The lowest BCUT2D eigenvalue weighted by molar-refractivity contribution is -0.0437. The summed E-state index contributed by atoms with van der Waals surface area (Å²) in [6.45, 7) is 6.21. The van der Waals surface area contributed by atoms with Crippen molar-refractivity contribution in [2.75, 3.05) is 7.11 Å². The standard InChI is InChI=1S/C21H21F3N2O3S2/c1-20(2,3)18-10-14(7-8-25-18)19-26-16(11-30-19)13-5-6-15(17(9-13)29-4)12-31(27,28)21(22,23)24/h5-11H,12H2,1-4H3. The molecule has 0 N–H and O–H groups in total. The fourth-order valence-electron chi connectivity index (χ4n) is 2.82. The zero-order valence-electron chi connectivity index (χ0n) is 17.3. The third-order valence-corrected chi connectivity index (χ3v) is 6.85. The van der Waals surface area contributed by atoms with Crippen molar-refractivity contribution in [2.24, 2.45) is 0 Å². The van der Waals surface area contributed by atoms with Gasteiger partial charge in [0.25, 0.3) is 9.84 Å². The maximum atomic E-state index is 12.7. The van der Waals surface area contributed by atoms with Crippen molar-refractivity contribution in [2.45, 2.75) is 37.4 Å². The van der Waals surface area contributed by atoms with Gasteiger partial charge in [-0.2, -0.15) is 13.2 Å². The highest BCUT2D eigenvalue weighted by Crippen LogP contribution is 2.35. The molecular weight excluding hydrogens is 449 g/mol. The zero-order valence-corrected chi connectivity index (χ0v) is 19.0. The first kappa shape index (κ1) is 23.2. The van der Waals surface area contributed by atoms with Crippen LogP contribution >= 0.6 is 11.3 Å². The molecule has 0 spiro atoms. The number of methoxy groups -OCH3 is 1. The van der Waals surface area contributed by atoms with Gasteiger partial charge in [0, 0.05) is 39.4 Å². The van der Waals surface area contributed by atoms with Gasteiger partial charge in [0.1, 0.15) is 10.8 Å². The lowest BCUT2D eigenvalue weighted by Gasteiger charge is -2.17. The van der Waals surface area contributed by atoms with E-state index in [4.69, 9.17) is 4.74 Å². The molecule has 10 heteroatoms. The molecule has 0 saturated carbocycles. The van der Waals surface area contributed by atoms with Crippen LogP contribution in [0.25, 0.3) is 21.8 Å². The number of ether oxygens (including phenoxy) is 1. The third kappa shape index (κ3) is 5.07. The second kappa shape index (κ2) is 8.23. The molecule has 0 amide bonds. The number of pyridine rings is 1. The van der Waals surface area contributed by atoms with E-state index in [2.05, 4.69) is 30.7 Å². The van der Waals surface area contributed by atoms with Crippen molar-refractivity contribution < 1.29 is 26.3 Å². The zero-order chi connectivity index (χ0) is 23.0. The van der Waals surface area contributed by atoms with E-state index in [9.17, 15) is 21.6 Å². The summed E-state index contributed by atoms with van der Waals surface area (Å²) in [6.07, 6.45) is 1.73. The van der Waals surface area contributed by atoms with Gasteiger partial charge in [-0.1, -0.05) is 32.9 Å². The summed E-state index contributed by atoms with van der Waals surface area (Å²) in [4.78, 5) is 9.04. The first-order valence-electron chi connectivity index (χ1n) is 9.20. The van der Waals surface area contributed by atoms with Crippen molar-refractivity contribution in [3.63, 3.8) is 0 Å². The average molecular weight is 471 g/mol. The van der Waals surface area contributed by atoms with E-state index in [1.807, 2.05) is 17.5 Å². The molecule has 0 fully saturated rings. The molecule has 0 aliphatic rings. The predicted octanol–water partition coefficient (Wildman–Crippen LogP) is 5.61. The molecule has 3 aromatic rings. The van der Waals surface area contributed by atoms with E-state index >= 15 is 0 Å². The molecule has 3 rings (SSSR count). The van der Waals surface area contributed by atoms with Crippen LogP contribution in [0, 0.1) is 0 Å². The molecule has 166 valence electrons. The minimum atomic E-state index is -5.32. The number of hydrogen-bond donors (Lipinski definition) is 0. The van der Waals surface area contributed by atoms with Crippen LogP contribution in [0.1, 0.15) is 32.0 Å². The topological polar surface area (TPSA) is 69.2 Å². The van der Waals surface area contributed by atoms with Crippen LogP contribution in [0.4, 0.5) is 13.2 Å². The summed E-state index contributed by atoms with van der Waals surface area (Å²) in [5.74, 6) is -1.13. The van der Waals surface area contributed by atoms with Crippen molar-refractivity contribution in [1.82, 2.24) is 9.97 Å². The second-order valence-electron chi connectivity index (χ2n) is 7.95. The number of hydrogen-bond acceptors (Lipinski definition) is 6. The normalized spacial score (nSPS) is 12.7. The number of halogens is 3. The molecule has 0 unspecified atom stereocenters. The van der Waals surface area contributed by atoms with Crippen LogP contribution in [-0.2, 0) is 21.0 Å². The molecule has 2 heterocycles. The number of sulfone groups is 1. The van der Waals surface area contributed by atoms with Gasteiger partial charge in [-0.25, -0.2) is 13.4 Å². The summed E-state index contributed by atoms with van der Waals surface area (Å²) < 4.78 is 66.3. The molecule has 0 atom stereocenters. The Balaban J connectivity index is 1.93. The van der Waals surface area contributed by atoms with E-state index in [0.29, 0.717) is 11.3 Å². The van der Waals surface area contributed by atoms with Crippen molar-refractivity contribution >= 4 is 21.2 Å². The van der Waals surface area contributed by atoms with Crippen LogP contribution in [0.2, 0.25) is 0 Å². The summed E-state index contributed by atoms with van der Waals surface area (Å²) in [5, 5.41) is 2.60. The Kier molecular flexibility index (Phi) is 6.16. The second-order valence-corrected chi connectivity index (χ2v) is 10.8. The van der Waals surface area contributed by atoms with Crippen LogP contribution in [0.3, 0.4) is 0 Å². The summed E-state index contributed by atoms with van der Waals surface area (Å²) in [7, 11) is -4.03. The fourth-order valence-corrected chi connectivity index (χ4v) is 4.46. The predicted molar refractivity (Wildman–Crippen MR) is 115 cm³/mol. The molecule has 0 aliphatic heterocycles. The Labute approximate surface area is 182 Å². The van der Waals surface area contributed by atoms with E-state index < -0.39 is 21.1 Å². The number of rotatable bonds is 5. The molecule has 0 bridgehead atoms. The van der Waals surface area contributed by atoms with Gasteiger partial charge in [-0.3, -0.25) is 4.98 Å². The smallest absolute Gasteiger partial charge is 0.496 e. The Morgan fingerprint density at radius 3 is 2.39 bits per heavy atom. The van der Waals surface area contributed by atoms with E-state index in [1.165, 1.54) is 36.6 Å². The maximum absolute atomic E-state index is 12.7. The van der Waals surface area contributed by atoms with Gasteiger partial charge in [0.05, 0.1) is 18.6 Å². The maximum Gasteiger partial charge on any atom is 0.497 e. The number of alkyl halides is 3. The highest BCUT2D eigenvalue weighted by atomic mass is 32.2. The summed E-state index contributed by atoms with van der Waals surface area (Å²) in [5.41, 5.74) is -2.44. The van der Waals surface area contributed by atoms with Gasteiger partial charge < -0.3 is 4.74 Å². The third-order valence-electron chi connectivity index (χ3n) is 4.56. The lowest BCUT2D eigenvalue weighted by Crippen LogP contribution is -2.24. The van der Waals surface area contributed by atoms with Crippen molar-refractivity contribution in [1.29, 1.82) is 0 Å². The Hall–Kier alpha value is -2.46. The largest absolute Gasteiger partial charge is 0.497 e. The number of benzene rings is 1. The molecule has 2 aromatic heterocycles. The summed E-state index contributed by atoms with van der Waals surface area (Å²) in [6, 6.07) is 8.20. The fraction of sp³-hybridized carbons (Fsp3) is 0.333. The molecule has 5 nitrogen and oxygen atoms in total. The molecule has 0 radical (unpaired) electrons. The number of nitrogens with zero attached hydrogens (tertiary/aromatic N) is 2. The quantitative estimate of drug-likeness (QED) is 0.485. The summed E-state index contributed by atoms with van der Waals surface area (Å²) >= 11 is 1.42. The number of aromatic nitrogens is 2. The molecule has 0 saturated heterocycles. The average Bonchev–Trinajstić information content (AvgIpc) is 3.17. The van der Waals surface area contributed by atoms with Crippen molar-refractivity contribution in [3.8, 4) is 27.6 Å². The van der Waals surface area contributed by atoms with Crippen LogP contribution in [-0.4, -0.2) is 31.0 Å². The lowest BCUT2D eigenvalue weighted by atomic mass is 9.91. The highest BCUT2D eigenvalue weighted by Gasteiger charge is 2.45. The highest BCUT2D eigenvalue weighted by molar-refractivity contribution is 7.91. The first-order chi connectivity index (χ1) is 14.3. The van der Waals surface area contributed by atoms with E-state index in [-0.39, 0.29) is 16.7 Å². The Bertz CT molecular complexity index is 1200. The van der Waals surface area contributed by atoms with Gasteiger partial charge >= 0.3 is 5.51 Å². The van der Waals surface area contributed by atoms with E-state index in [0.717, 1.165) is 16.3 Å². The first-order valence-corrected chi connectivity index (χ1v) is 11.7. The van der Waals surface area contributed by atoms with Gasteiger partial charge in [-0.05, 0) is 18.2 Å². The van der Waals surface area contributed by atoms with Crippen LogP contribution in [0.5, 0.6) is 5.75 Å². The monoisotopic (exact) mass is 470 g/mol. The van der Waals surface area contributed by atoms with Crippen LogP contribution < -0.4 is 4.74 Å². The van der Waals surface area contributed by atoms with Gasteiger partial charge in [0.15, 0.2) is 0 Å².